The summed E-state index contributed by atoms with van der Waals surface area (Å²) in [4.78, 5) is 13.7. The predicted molar refractivity (Wildman–Crippen MR) is 125 cm³/mol. The summed E-state index contributed by atoms with van der Waals surface area (Å²) in [7, 11) is 0. The minimum absolute atomic E-state index is 0.0831. The predicted octanol–water partition coefficient (Wildman–Crippen LogP) is 5.63. The summed E-state index contributed by atoms with van der Waals surface area (Å²) in [5.74, 6) is 1.96. The van der Waals surface area contributed by atoms with Crippen LogP contribution in [0, 0.1) is 0 Å². The van der Waals surface area contributed by atoms with Crippen LogP contribution in [0.4, 0.5) is 0 Å². The summed E-state index contributed by atoms with van der Waals surface area (Å²) in [5.41, 5.74) is 4.80. The van der Waals surface area contributed by atoms with Gasteiger partial charge in [-0.1, -0.05) is 66.7 Å². The van der Waals surface area contributed by atoms with Gasteiger partial charge in [-0.15, -0.1) is 5.10 Å². The molecule has 6 nitrogen and oxygen atoms in total. The Kier molecular flexibility index (Phi) is 3.81. The summed E-state index contributed by atoms with van der Waals surface area (Å²) >= 11 is 0. The average molecular weight is 427 g/mol. The first-order valence-electron chi connectivity index (χ1n) is 10.8. The Hall–Kier alpha value is -4.58. The minimum Gasteiger partial charge on any atom is -0.438 e. The molecule has 0 saturated carbocycles. The molecule has 0 spiro atoms. The number of nitrogens with zero attached hydrogens (tertiary/aromatic N) is 5. The molecule has 7 rings (SSSR count). The van der Waals surface area contributed by atoms with E-state index in [4.69, 9.17) is 9.72 Å². The first-order chi connectivity index (χ1) is 16.4. The quantitative estimate of drug-likeness (QED) is 0.358. The second kappa shape index (κ2) is 6.97. The maximum Gasteiger partial charge on any atom is 0.228 e. The third-order valence-electron chi connectivity index (χ3n) is 6.17. The Morgan fingerprint density at radius 3 is 2.52 bits per heavy atom. The number of hydrogen-bond donors (Lipinski definition) is 0. The van der Waals surface area contributed by atoms with Gasteiger partial charge in [0.1, 0.15) is 12.1 Å². The second-order valence-corrected chi connectivity index (χ2v) is 8.05. The van der Waals surface area contributed by atoms with Crippen molar-refractivity contribution in [3.63, 3.8) is 0 Å². The molecular weight excluding hydrogens is 410 g/mol. The first-order valence-corrected chi connectivity index (χ1v) is 10.8. The standard InChI is InChI=1S/C27H17N5O/c1-2-7-18(8-3-1)22-21-11-10-17-6-4-5-9-20(17)24(21)33-27-23(22)26-30-25(31-32(26)16-29-27)19-12-14-28-15-13-19/h1-16,22H. The van der Waals surface area contributed by atoms with E-state index in [1.807, 2.05) is 30.3 Å². The Labute approximate surface area is 189 Å². The van der Waals surface area contributed by atoms with E-state index < -0.39 is 0 Å². The lowest BCUT2D eigenvalue weighted by atomic mass is 9.83. The van der Waals surface area contributed by atoms with Crippen LogP contribution in [0.15, 0.2) is 97.6 Å². The van der Waals surface area contributed by atoms with Crippen molar-refractivity contribution in [2.75, 3.05) is 0 Å². The first kappa shape index (κ1) is 18.0. The van der Waals surface area contributed by atoms with E-state index in [0.717, 1.165) is 44.4 Å². The van der Waals surface area contributed by atoms with Gasteiger partial charge in [0, 0.05) is 34.8 Å². The molecule has 3 aromatic carbocycles. The zero-order valence-corrected chi connectivity index (χ0v) is 17.5. The summed E-state index contributed by atoms with van der Waals surface area (Å²) in [6, 6.07) is 26.8. The zero-order valence-electron chi connectivity index (χ0n) is 17.5. The number of fused-ring (bicyclic) bond motifs is 6. The van der Waals surface area contributed by atoms with Crippen molar-refractivity contribution in [2.45, 2.75) is 5.92 Å². The molecule has 33 heavy (non-hydrogen) atoms. The van der Waals surface area contributed by atoms with Crippen molar-refractivity contribution in [2.24, 2.45) is 0 Å². The molecule has 0 saturated heterocycles. The molecule has 0 bridgehead atoms. The van der Waals surface area contributed by atoms with Crippen LogP contribution in [-0.4, -0.2) is 24.6 Å². The highest BCUT2D eigenvalue weighted by molar-refractivity contribution is 5.91. The molecule has 0 fully saturated rings. The van der Waals surface area contributed by atoms with Gasteiger partial charge >= 0.3 is 0 Å². The Balaban J connectivity index is 1.53. The van der Waals surface area contributed by atoms with E-state index in [2.05, 4.69) is 63.6 Å². The van der Waals surface area contributed by atoms with E-state index in [1.165, 1.54) is 0 Å². The van der Waals surface area contributed by atoms with Crippen molar-refractivity contribution in [1.82, 2.24) is 24.6 Å². The molecule has 1 unspecified atom stereocenters. The Morgan fingerprint density at radius 2 is 1.64 bits per heavy atom. The third-order valence-corrected chi connectivity index (χ3v) is 6.17. The number of pyridine rings is 1. The largest absolute Gasteiger partial charge is 0.438 e. The highest BCUT2D eigenvalue weighted by atomic mass is 16.5. The summed E-state index contributed by atoms with van der Waals surface area (Å²) in [6.45, 7) is 0. The van der Waals surface area contributed by atoms with Gasteiger partial charge < -0.3 is 4.74 Å². The highest BCUT2D eigenvalue weighted by Crippen LogP contribution is 2.50. The van der Waals surface area contributed by atoms with Crippen molar-refractivity contribution >= 4 is 16.4 Å². The molecule has 1 atom stereocenters. The lowest BCUT2D eigenvalue weighted by Crippen LogP contribution is -2.15. The van der Waals surface area contributed by atoms with Crippen molar-refractivity contribution in [1.29, 1.82) is 0 Å². The molecule has 1 aliphatic heterocycles. The molecule has 6 heteroatoms. The Bertz CT molecular complexity index is 1640. The molecule has 1 aliphatic rings. The van der Waals surface area contributed by atoms with Crippen LogP contribution in [-0.2, 0) is 0 Å². The van der Waals surface area contributed by atoms with Gasteiger partial charge in [-0.2, -0.15) is 0 Å². The average Bonchev–Trinajstić information content (AvgIpc) is 3.33. The van der Waals surface area contributed by atoms with Crippen LogP contribution < -0.4 is 4.74 Å². The topological polar surface area (TPSA) is 65.2 Å². The van der Waals surface area contributed by atoms with Gasteiger partial charge in [-0.25, -0.2) is 14.5 Å². The van der Waals surface area contributed by atoms with Gasteiger partial charge in [0.15, 0.2) is 11.5 Å². The number of aromatic nitrogens is 5. The Morgan fingerprint density at radius 1 is 0.818 bits per heavy atom. The van der Waals surface area contributed by atoms with Gasteiger partial charge in [0.25, 0.3) is 0 Å². The summed E-state index contributed by atoms with van der Waals surface area (Å²) < 4.78 is 8.20. The van der Waals surface area contributed by atoms with E-state index >= 15 is 0 Å². The van der Waals surface area contributed by atoms with E-state index in [-0.39, 0.29) is 5.92 Å². The van der Waals surface area contributed by atoms with E-state index in [1.54, 1.807) is 23.2 Å². The normalized spacial score (nSPS) is 14.6. The minimum atomic E-state index is -0.0831. The molecule has 0 amide bonds. The van der Waals surface area contributed by atoms with Crippen LogP contribution in [0.5, 0.6) is 11.6 Å². The van der Waals surface area contributed by atoms with Crippen LogP contribution >= 0.6 is 0 Å². The molecule has 6 aromatic rings. The van der Waals surface area contributed by atoms with E-state index in [0.29, 0.717) is 11.7 Å². The molecular formula is C27H17N5O. The molecule has 0 radical (unpaired) electrons. The third kappa shape index (κ3) is 2.74. The van der Waals surface area contributed by atoms with Gasteiger partial charge in [-0.05, 0) is 23.1 Å². The molecule has 156 valence electrons. The maximum absolute atomic E-state index is 6.46. The fraction of sp³-hybridized carbons (Fsp3) is 0.0370. The molecule has 4 heterocycles. The van der Waals surface area contributed by atoms with Crippen molar-refractivity contribution in [3.05, 3.63) is 114 Å². The van der Waals surface area contributed by atoms with Gasteiger partial charge in [-0.3, -0.25) is 4.98 Å². The van der Waals surface area contributed by atoms with Crippen LogP contribution in [0.25, 0.3) is 27.8 Å². The summed E-state index contributed by atoms with van der Waals surface area (Å²) in [6.07, 6.45) is 5.15. The van der Waals surface area contributed by atoms with Crippen molar-refractivity contribution in [3.8, 4) is 23.0 Å². The SMILES string of the molecule is c1ccc(C2c3ccc4ccccc4c3Oc3ncn4nc(-c5ccncc5)nc4c32)cc1. The number of ether oxygens (including phenoxy) is 1. The molecule has 0 aliphatic carbocycles. The number of hydrogen-bond acceptors (Lipinski definition) is 5. The van der Waals surface area contributed by atoms with Crippen LogP contribution in [0.3, 0.4) is 0 Å². The molecule has 0 N–H and O–H groups in total. The number of rotatable bonds is 2. The highest BCUT2D eigenvalue weighted by Gasteiger charge is 2.34. The van der Waals surface area contributed by atoms with Gasteiger partial charge in [0.05, 0.1) is 5.56 Å². The fourth-order valence-electron chi connectivity index (χ4n) is 4.66. The fourth-order valence-corrected chi connectivity index (χ4v) is 4.66. The zero-order chi connectivity index (χ0) is 21.8. The lowest BCUT2D eigenvalue weighted by molar-refractivity contribution is 0.437. The second-order valence-electron chi connectivity index (χ2n) is 8.05. The van der Waals surface area contributed by atoms with Crippen LogP contribution in [0.2, 0.25) is 0 Å². The summed E-state index contributed by atoms with van der Waals surface area (Å²) in [5, 5.41) is 6.89. The smallest absolute Gasteiger partial charge is 0.228 e. The number of benzene rings is 3. The lowest BCUT2D eigenvalue weighted by Gasteiger charge is -2.28. The van der Waals surface area contributed by atoms with E-state index in [9.17, 15) is 0 Å². The van der Waals surface area contributed by atoms with Crippen LogP contribution in [0.1, 0.15) is 22.6 Å². The monoisotopic (exact) mass is 427 g/mol. The van der Waals surface area contributed by atoms with Gasteiger partial charge in [0.2, 0.25) is 5.88 Å². The van der Waals surface area contributed by atoms with Crippen molar-refractivity contribution < 1.29 is 4.74 Å². The molecule has 3 aromatic heterocycles. The maximum atomic E-state index is 6.46.